The Kier molecular flexibility index (Phi) is 4.42. The molecule has 0 spiro atoms. The van der Waals surface area contributed by atoms with Crippen LogP contribution in [-0.4, -0.2) is 0 Å². The monoisotopic (exact) mass is 306 g/mol. The van der Waals surface area contributed by atoms with Gasteiger partial charge in [-0.05, 0) is 71.8 Å². The maximum atomic E-state index is 4.49. The van der Waals surface area contributed by atoms with E-state index >= 15 is 0 Å². The molecule has 0 heteroatoms. The molecule has 0 amide bonds. The van der Waals surface area contributed by atoms with Crippen LogP contribution in [0.15, 0.2) is 36.4 Å². The lowest BCUT2D eigenvalue weighted by atomic mass is 9.75. The van der Waals surface area contributed by atoms with Gasteiger partial charge in [0.05, 0.1) is 0 Å². The molecule has 2 saturated carbocycles. The fourth-order valence-corrected chi connectivity index (χ4v) is 5.09. The third-order valence-electron chi connectivity index (χ3n) is 6.47. The van der Waals surface area contributed by atoms with E-state index in [1.807, 2.05) is 0 Å². The molecule has 4 rings (SSSR count). The first kappa shape index (κ1) is 15.2. The molecule has 0 atom stereocenters. The average Bonchev–Trinajstić information content (AvgIpc) is 2.63. The average molecular weight is 306 g/mol. The molecule has 3 aliphatic rings. The summed E-state index contributed by atoms with van der Waals surface area (Å²) in [5.74, 6) is 1.59. The van der Waals surface area contributed by atoms with E-state index in [9.17, 15) is 0 Å². The summed E-state index contributed by atoms with van der Waals surface area (Å²) < 4.78 is 0. The summed E-state index contributed by atoms with van der Waals surface area (Å²) in [5.41, 5.74) is 7.45. The van der Waals surface area contributed by atoms with Gasteiger partial charge in [-0.3, -0.25) is 0 Å². The zero-order valence-electron chi connectivity index (χ0n) is 14.4. The van der Waals surface area contributed by atoms with E-state index in [-0.39, 0.29) is 0 Å². The van der Waals surface area contributed by atoms with Gasteiger partial charge in [0.2, 0.25) is 0 Å². The molecule has 0 heterocycles. The quantitative estimate of drug-likeness (QED) is 0.563. The highest BCUT2D eigenvalue weighted by molar-refractivity contribution is 5.82. The second-order valence-corrected chi connectivity index (χ2v) is 7.93. The van der Waals surface area contributed by atoms with Crippen LogP contribution < -0.4 is 0 Å². The minimum absolute atomic E-state index is 0.780. The largest absolute Gasteiger partial charge is 0.0909 e. The van der Waals surface area contributed by atoms with Gasteiger partial charge in [-0.1, -0.05) is 69.4 Å². The van der Waals surface area contributed by atoms with Crippen LogP contribution in [0.3, 0.4) is 0 Å². The van der Waals surface area contributed by atoms with Gasteiger partial charge < -0.3 is 0 Å². The maximum absolute atomic E-state index is 4.49. The molecule has 1 aromatic carbocycles. The van der Waals surface area contributed by atoms with Crippen molar-refractivity contribution in [3.8, 4) is 0 Å². The Hall–Kier alpha value is -1.30. The highest BCUT2D eigenvalue weighted by Gasteiger charge is 2.25. The molecule has 2 fully saturated rings. The van der Waals surface area contributed by atoms with E-state index in [1.54, 1.807) is 11.1 Å². The van der Waals surface area contributed by atoms with Gasteiger partial charge in [0.15, 0.2) is 0 Å². The molecule has 23 heavy (non-hydrogen) atoms. The molecule has 0 unspecified atom stereocenters. The van der Waals surface area contributed by atoms with Gasteiger partial charge in [0, 0.05) is 0 Å². The summed E-state index contributed by atoms with van der Waals surface area (Å²) in [4.78, 5) is 0. The highest BCUT2D eigenvalue weighted by Crippen LogP contribution is 2.41. The summed E-state index contributed by atoms with van der Waals surface area (Å²) in [6.07, 6.45) is 17.7. The van der Waals surface area contributed by atoms with Crippen LogP contribution in [0.1, 0.15) is 86.8 Å². The first-order chi connectivity index (χ1) is 11.3. The predicted octanol–water partition coefficient (Wildman–Crippen LogP) is 6.81. The molecule has 0 nitrogen and oxygen atoms in total. The zero-order chi connectivity index (χ0) is 15.6. The van der Waals surface area contributed by atoms with E-state index in [4.69, 9.17) is 0 Å². The number of allylic oxidation sites excluding steroid dienone is 3. The summed E-state index contributed by atoms with van der Waals surface area (Å²) in [6.45, 7) is 4.49. The van der Waals surface area contributed by atoms with Crippen molar-refractivity contribution in [2.45, 2.75) is 76.5 Å². The van der Waals surface area contributed by atoms with Crippen molar-refractivity contribution in [3.05, 3.63) is 53.1 Å². The van der Waals surface area contributed by atoms with Crippen LogP contribution in [0.25, 0.3) is 5.57 Å². The van der Waals surface area contributed by atoms with Crippen LogP contribution >= 0.6 is 0 Å². The molecule has 122 valence electrons. The minimum Gasteiger partial charge on any atom is -0.0909 e. The molecule has 0 aliphatic heterocycles. The third kappa shape index (κ3) is 3.05. The van der Waals surface area contributed by atoms with E-state index in [0.29, 0.717) is 0 Å². The van der Waals surface area contributed by atoms with Crippen molar-refractivity contribution in [1.82, 2.24) is 0 Å². The Balaban J connectivity index is 1.56. The topological polar surface area (TPSA) is 0 Å². The predicted molar refractivity (Wildman–Crippen MR) is 99.7 cm³/mol. The standard InChI is InChI=1S/C23H30/c1-17-22(19-10-6-3-7-11-19)15-13-21-16-20(12-14-23(17)21)18-8-4-2-5-9-18/h12,14-16,18-19H,1-11,13H2. The van der Waals surface area contributed by atoms with Crippen LogP contribution in [-0.2, 0) is 6.42 Å². The van der Waals surface area contributed by atoms with Crippen molar-refractivity contribution in [2.24, 2.45) is 5.92 Å². The van der Waals surface area contributed by atoms with Crippen molar-refractivity contribution < 1.29 is 0 Å². The zero-order valence-corrected chi connectivity index (χ0v) is 14.4. The fourth-order valence-electron chi connectivity index (χ4n) is 5.09. The van der Waals surface area contributed by atoms with Crippen LogP contribution in [0.5, 0.6) is 0 Å². The van der Waals surface area contributed by atoms with E-state index in [1.165, 1.54) is 80.9 Å². The second-order valence-electron chi connectivity index (χ2n) is 7.93. The Morgan fingerprint density at radius 3 is 2.13 bits per heavy atom. The molecule has 1 aromatic rings. The number of fused-ring (bicyclic) bond motifs is 1. The normalized spacial score (nSPS) is 23.5. The van der Waals surface area contributed by atoms with Gasteiger partial charge >= 0.3 is 0 Å². The van der Waals surface area contributed by atoms with Crippen molar-refractivity contribution in [3.63, 3.8) is 0 Å². The van der Waals surface area contributed by atoms with E-state index in [2.05, 4.69) is 30.9 Å². The Labute approximate surface area is 141 Å². The number of rotatable bonds is 2. The van der Waals surface area contributed by atoms with Crippen LogP contribution in [0.2, 0.25) is 0 Å². The van der Waals surface area contributed by atoms with Gasteiger partial charge in [0.25, 0.3) is 0 Å². The summed E-state index contributed by atoms with van der Waals surface area (Å²) in [6, 6.07) is 7.30. The Morgan fingerprint density at radius 1 is 0.783 bits per heavy atom. The molecule has 0 aromatic heterocycles. The van der Waals surface area contributed by atoms with Gasteiger partial charge in [0.1, 0.15) is 0 Å². The lowest BCUT2D eigenvalue weighted by Crippen LogP contribution is -2.14. The third-order valence-corrected chi connectivity index (χ3v) is 6.47. The lowest BCUT2D eigenvalue weighted by molar-refractivity contribution is 0.409. The maximum Gasteiger partial charge on any atom is -0.00850 e. The van der Waals surface area contributed by atoms with Crippen LogP contribution in [0, 0.1) is 5.92 Å². The van der Waals surface area contributed by atoms with E-state index < -0.39 is 0 Å². The summed E-state index contributed by atoms with van der Waals surface area (Å²) in [7, 11) is 0. The molecule has 0 bridgehead atoms. The minimum atomic E-state index is 0.780. The summed E-state index contributed by atoms with van der Waals surface area (Å²) in [5, 5.41) is 0. The number of hydrogen-bond donors (Lipinski definition) is 0. The molecular weight excluding hydrogens is 276 g/mol. The van der Waals surface area contributed by atoms with Crippen LogP contribution in [0.4, 0.5) is 0 Å². The molecular formula is C23H30. The Bertz CT molecular complexity index is 607. The molecule has 3 aliphatic carbocycles. The van der Waals surface area contributed by atoms with Crippen molar-refractivity contribution >= 4 is 5.57 Å². The molecule has 0 radical (unpaired) electrons. The van der Waals surface area contributed by atoms with Crippen molar-refractivity contribution in [1.29, 1.82) is 0 Å². The fraction of sp³-hybridized carbons (Fsp3) is 0.565. The second kappa shape index (κ2) is 6.67. The Morgan fingerprint density at radius 2 is 1.43 bits per heavy atom. The SMILES string of the molecule is C=C1C(C2CCCCC2)=CCc2cc(C3CCCCC3)ccc21. The lowest BCUT2D eigenvalue weighted by Gasteiger charge is -2.30. The number of hydrogen-bond acceptors (Lipinski definition) is 0. The highest BCUT2D eigenvalue weighted by atomic mass is 14.3. The molecule has 0 saturated heterocycles. The number of benzene rings is 1. The van der Waals surface area contributed by atoms with Gasteiger partial charge in [-0.15, -0.1) is 0 Å². The van der Waals surface area contributed by atoms with Gasteiger partial charge in [-0.25, -0.2) is 0 Å². The molecule has 0 N–H and O–H groups in total. The van der Waals surface area contributed by atoms with E-state index in [0.717, 1.165) is 18.3 Å². The smallest absolute Gasteiger partial charge is 0.00850 e. The first-order valence-electron chi connectivity index (χ1n) is 9.85. The van der Waals surface area contributed by atoms with Crippen molar-refractivity contribution in [2.75, 3.05) is 0 Å². The van der Waals surface area contributed by atoms with Gasteiger partial charge in [-0.2, -0.15) is 0 Å². The first-order valence-corrected chi connectivity index (χ1v) is 9.85. The summed E-state index contributed by atoms with van der Waals surface area (Å²) >= 11 is 0.